The number of hydrogen-bond acceptors (Lipinski definition) is 6. The van der Waals surface area contributed by atoms with Gasteiger partial charge in [0.2, 0.25) is 0 Å². The van der Waals surface area contributed by atoms with Gasteiger partial charge >= 0.3 is 0 Å². The predicted octanol–water partition coefficient (Wildman–Crippen LogP) is 4.04. The van der Waals surface area contributed by atoms with Crippen LogP contribution in [0.4, 0.5) is 0 Å². The van der Waals surface area contributed by atoms with Crippen LogP contribution in [0.5, 0.6) is 17.2 Å². The van der Waals surface area contributed by atoms with E-state index in [0.29, 0.717) is 56.9 Å². The number of hydrogen-bond donors (Lipinski definition) is 1. The van der Waals surface area contributed by atoms with Gasteiger partial charge in [-0.1, -0.05) is 42.5 Å². The van der Waals surface area contributed by atoms with Crippen molar-refractivity contribution in [3.63, 3.8) is 0 Å². The van der Waals surface area contributed by atoms with Crippen molar-refractivity contribution in [3.8, 4) is 17.2 Å². The molecule has 0 saturated carbocycles. The zero-order valence-electron chi connectivity index (χ0n) is 19.3. The normalized spacial score (nSPS) is 15.7. The van der Waals surface area contributed by atoms with Gasteiger partial charge in [-0.2, -0.15) is 0 Å². The molecule has 0 radical (unpaired) electrons. The molecule has 0 unspecified atom stereocenters. The van der Waals surface area contributed by atoms with Crippen molar-refractivity contribution >= 4 is 17.5 Å². The first kappa shape index (κ1) is 24.0. The van der Waals surface area contributed by atoms with Crippen LogP contribution in [-0.4, -0.2) is 43.8 Å². The highest BCUT2D eigenvalue weighted by Gasteiger charge is 2.17. The van der Waals surface area contributed by atoms with E-state index in [4.69, 9.17) is 14.2 Å². The van der Waals surface area contributed by atoms with Crippen molar-refractivity contribution in [2.75, 3.05) is 26.4 Å². The Labute approximate surface area is 204 Å². The van der Waals surface area contributed by atoms with Crippen LogP contribution in [0.2, 0.25) is 0 Å². The van der Waals surface area contributed by atoms with Crippen molar-refractivity contribution in [2.24, 2.45) is 0 Å². The number of Topliss-reactive ketones (excluding diaryl/α,β-unsaturated/α-hetero) is 2. The molecule has 7 nitrogen and oxygen atoms in total. The van der Waals surface area contributed by atoms with Crippen LogP contribution in [-0.2, 0) is 11.2 Å². The highest BCUT2D eigenvalue weighted by atomic mass is 16.5. The van der Waals surface area contributed by atoms with E-state index < -0.39 is 0 Å². The van der Waals surface area contributed by atoms with Crippen LogP contribution in [0, 0.1) is 0 Å². The zero-order chi connectivity index (χ0) is 24.5. The minimum absolute atomic E-state index is 0.0527. The highest BCUT2D eigenvalue weighted by Crippen LogP contribution is 2.23. The number of ether oxygens (including phenoxy) is 3. The largest absolute Gasteiger partial charge is 0.493 e. The molecule has 0 bridgehead atoms. The summed E-state index contributed by atoms with van der Waals surface area (Å²) >= 11 is 0. The molecule has 7 heteroatoms. The maximum absolute atomic E-state index is 11.3. The summed E-state index contributed by atoms with van der Waals surface area (Å²) < 4.78 is 16.0. The monoisotopic (exact) mass is 473 g/mol. The molecule has 3 aliphatic rings. The number of nitrogens with one attached hydrogen (secondary N) is 1. The van der Waals surface area contributed by atoms with Gasteiger partial charge in [-0.25, -0.2) is 0 Å². The number of carbonyl (C=O) groups excluding carboxylic acids is 3. The summed E-state index contributed by atoms with van der Waals surface area (Å²) in [6, 6.07) is 22.3. The quantitative estimate of drug-likeness (QED) is 0.530. The maximum Gasteiger partial charge on any atom is 0.255 e. The van der Waals surface area contributed by atoms with Crippen LogP contribution in [0.25, 0.3) is 0 Å². The molecule has 0 saturated heterocycles. The van der Waals surface area contributed by atoms with Crippen LogP contribution in [0.3, 0.4) is 0 Å². The second-order valence-electron chi connectivity index (χ2n) is 8.04. The molecule has 3 aromatic rings. The van der Waals surface area contributed by atoms with Crippen molar-refractivity contribution in [3.05, 3.63) is 89.5 Å². The maximum atomic E-state index is 11.3. The molecule has 6 rings (SSSR count). The average Bonchev–Trinajstić information content (AvgIpc) is 3.20. The van der Waals surface area contributed by atoms with E-state index in [1.165, 1.54) is 0 Å². The van der Waals surface area contributed by atoms with Gasteiger partial charge in [-0.05, 0) is 30.3 Å². The van der Waals surface area contributed by atoms with Gasteiger partial charge in [0, 0.05) is 24.8 Å². The third-order valence-electron chi connectivity index (χ3n) is 5.55. The Morgan fingerprint density at radius 3 is 1.94 bits per heavy atom. The lowest BCUT2D eigenvalue weighted by molar-refractivity contribution is -0.118. The van der Waals surface area contributed by atoms with Gasteiger partial charge in [-0.15, -0.1) is 0 Å². The SMILES string of the molecule is O=C1CCOc2ccccc21.O=C1CCOc2ccccc2C1.O=C1NCCOc2ccccc21. The number of para-hydroxylation sites is 3. The van der Waals surface area contributed by atoms with E-state index in [1.54, 1.807) is 18.2 Å². The third-order valence-corrected chi connectivity index (χ3v) is 5.55. The molecule has 35 heavy (non-hydrogen) atoms. The smallest absolute Gasteiger partial charge is 0.255 e. The van der Waals surface area contributed by atoms with Crippen molar-refractivity contribution in [1.82, 2.24) is 5.32 Å². The van der Waals surface area contributed by atoms with Gasteiger partial charge in [0.15, 0.2) is 5.78 Å². The first-order valence-electron chi connectivity index (χ1n) is 11.6. The lowest BCUT2D eigenvalue weighted by atomic mass is 10.1. The summed E-state index contributed by atoms with van der Waals surface area (Å²) in [5, 5.41) is 2.74. The summed E-state index contributed by atoms with van der Waals surface area (Å²) in [5.74, 6) is 2.66. The summed E-state index contributed by atoms with van der Waals surface area (Å²) in [6.07, 6.45) is 1.57. The van der Waals surface area contributed by atoms with Crippen molar-refractivity contribution in [2.45, 2.75) is 19.3 Å². The standard InChI is InChI=1S/C10H10O2.C9H9NO2.C9H8O2/c11-9-5-6-12-10-4-2-1-3-8(10)7-9;11-9-7-3-1-2-4-8(7)12-6-5-10-9;10-8-5-6-11-9-4-2-1-3-7(8)9/h1-4H,5-7H2;1-4H,5-6H2,(H,10,11);1-4H,5-6H2. The number of amides is 1. The molecule has 3 aromatic carbocycles. The molecular weight excluding hydrogens is 446 g/mol. The number of benzene rings is 3. The zero-order valence-corrected chi connectivity index (χ0v) is 19.3. The molecule has 180 valence electrons. The van der Waals surface area contributed by atoms with E-state index in [-0.39, 0.29) is 17.5 Å². The van der Waals surface area contributed by atoms with Gasteiger partial charge in [0.05, 0.1) is 30.9 Å². The average molecular weight is 474 g/mol. The molecule has 3 heterocycles. The summed E-state index contributed by atoms with van der Waals surface area (Å²) in [4.78, 5) is 33.7. The van der Waals surface area contributed by atoms with E-state index >= 15 is 0 Å². The van der Waals surface area contributed by atoms with E-state index in [1.807, 2.05) is 54.6 Å². The summed E-state index contributed by atoms with van der Waals surface area (Å²) in [7, 11) is 0. The molecule has 1 N–H and O–H groups in total. The van der Waals surface area contributed by atoms with Gasteiger partial charge in [-0.3, -0.25) is 14.4 Å². The molecule has 0 aromatic heterocycles. The topological polar surface area (TPSA) is 90.9 Å². The van der Waals surface area contributed by atoms with Crippen LogP contribution in [0.15, 0.2) is 72.8 Å². The Morgan fingerprint density at radius 2 is 1.17 bits per heavy atom. The fourth-order valence-corrected chi connectivity index (χ4v) is 3.78. The van der Waals surface area contributed by atoms with Crippen molar-refractivity contribution < 1.29 is 28.6 Å². The fourth-order valence-electron chi connectivity index (χ4n) is 3.78. The number of carbonyl (C=O) groups is 3. The molecule has 0 atom stereocenters. The minimum Gasteiger partial charge on any atom is -0.493 e. The molecule has 0 fully saturated rings. The van der Waals surface area contributed by atoms with Crippen LogP contribution < -0.4 is 19.5 Å². The molecular formula is C28H27NO6. The number of fused-ring (bicyclic) bond motifs is 3. The number of rotatable bonds is 0. The Hall–Kier alpha value is -4.13. The van der Waals surface area contributed by atoms with E-state index in [9.17, 15) is 14.4 Å². The fraction of sp³-hybridized carbons (Fsp3) is 0.250. The lowest BCUT2D eigenvalue weighted by Crippen LogP contribution is -2.24. The van der Waals surface area contributed by atoms with Gasteiger partial charge in [0.1, 0.15) is 29.6 Å². The minimum atomic E-state index is -0.0527. The Balaban J connectivity index is 0.000000124. The van der Waals surface area contributed by atoms with Crippen LogP contribution >= 0.6 is 0 Å². The van der Waals surface area contributed by atoms with Gasteiger partial charge < -0.3 is 19.5 Å². The first-order chi connectivity index (χ1) is 17.1. The van der Waals surface area contributed by atoms with E-state index in [2.05, 4.69) is 5.32 Å². The van der Waals surface area contributed by atoms with Crippen molar-refractivity contribution in [1.29, 1.82) is 0 Å². The first-order valence-corrected chi connectivity index (χ1v) is 11.6. The second-order valence-corrected chi connectivity index (χ2v) is 8.04. The molecule has 0 spiro atoms. The number of ketones is 2. The Morgan fingerprint density at radius 1 is 0.600 bits per heavy atom. The third kappa shape index (κ3) is 6.47. The summed E-state index contributed by atoms with van der Waals surface area (Å²) in [5.41, 5.74) is 2.36. The van der Waals surface area contributed by atoms with Gasteiger partial charge in [0.25, 0.3) is 5.91 Å². The van der Waals surface area contributed by atoms with E-state index in [0.717, 1.165) is 22.6 Å². The Kier molecular flexibility index (Phi) is 8.12. The lowest BCUT2D eigenvalue weighted by Gasteiger charge is -2.14. The molecule has 1 amide bonds. The highest BCUT2D eigenvalue weighted by molar-refractivity contribution is 5.99. The molecule has 0 aliphatic carbocycles. The summed E-state index contributed by atoms with van der Waals surface area (Å²) in [6.45, 7) is 2.17. The second kappa shape index (κ2) is 11.8. The Bertz CT molecular complexity index is 1210. The van der Waals surface area contributed by atoms with Crippen LogP contribution in [0.1, 0.15) is 39.1 Å². The molecule has 3 aliphatic heterocycles. The predicted molar refractivity (Wildman–Crippen MR) is 130 cm³/mol.